The van der Waals surface area contributed by atoms with Crippen LogP contribution in [0, 0.1) is 0 Å². The zero-order valence-corrected chi connectivity index (χ0v) is 18.2. The Hall–Kier alpha value is -3.08. The van der Waals surface area contributed by atoms with Gasteiger partial charge in [0.2, 0.25) is 0 Å². The average molecular weight is 453 g/mol. The number of aryl methyl sites for hydroxylation is 1. The zero-order valence-electron chi connectivity index (χ0n) is 16.7. The fourth-order valence-corrected chi connectivity index (χ4v) is 3.82. The van der Waals surface area contributed by atoms with Gasteiger partial charge in [0.25, 0.3) is 0 Å². The molecule has 0 spiro atoms. The van der Waals surface area contributed by atoms with Crippen LogP contribution in [0.3, 0.4) is 0 Å². The largest absolute Gasteiger partial charge is 0.508 e. The normalized spacial score (nSPS) is 11.7. The highest BCUT2D eigenvalue weighted by Crippen LogP contribution is 2.32. The van der Waals surface area contributed by atoms with Crippen LogP contribution in [0.4, 0.5) is 4.39 Å². The molecule has 156 valence electrons. The molecule has 3 aromatic carbocycles. The molecular weight excluding hydrogens is 434 g/mol. The highest BCUT2D eigenvalue weighted by Gasteiger charge is 2.15. The van der Waals surface area contributed by atoms with E-state index in [-0.39, 0.29) is 11.6 Å². The second kappa shape index (κ2) is 8.96. The van der Waals surface area contributed by atoms with E-state index in [4.69, 9.17) is 23.2 Å². The summed E-state index contributed by atoms with van der Waals surface area (Å²) in [4.78, 5) is 4.48. The molecule has 0 atom stereocenters. The van der Waals surface area contributed by atoms with E-state index < -0.39 is 5.83 Å². The van der Waals surface area contributed by atoms with Crippen molar-refractivity contribution in [3.8, 4) is 28.1 Å². The average Bonchev–Trinajstić information content (AvgIpc) is 3.19. The molecule has 4 aromatic rings. The molecule has 0 aliphatic heterocycles. The Kier molecular flexibility index (Phi) is 6.12. The van der Waals surface area contributed by atoms with E-state index in [9.17, 15) is 5.11 Å². The molecule has 1 N–H and O–H groups in total. The maximum Gasteiger partial charge on any atom is 0.169 e. The number of benzene rings is 3. The summed E-state index contributed by atoms with van der Waals surface area (Å²) in [6.45, 7) is 2.49. The van der Waals surface area contributed by atoms with Gasteiger partial charge in [-0.3, -0.25) is 0 Å². The van der Waals surface area contributed by atoms with Crippen molar-refractivity contribution in [2.24, 2.45) is 0 Å². The van der Waals surface area contributed by atoms with E-state index >= 15 is 4.39 Å². The van der Waals surface area contributed by atoms with Crippen LogP contribution in [0.25, 0.3) is 34.3 Å². The maximum absolute atomic E-state index is 15.1. The van der Waals surface area contributed by atoms with Gasteiger partial charge in [0.15, 0.2) is 11.7 Å². The maximum atomic E-state index is 15.1. The molecule has 0 bridgehead atoms. The van der Waals surface area contributed by atoms with Crippen LogP contribution in [0.5, 0.6) is 5.75 Å². The van der Waals surface area contributed by atoms with Crippen molar-refractivity contribution in [2.75, 3.05) is 0 Å². The van der Waals surface area contributed by atoms with Crippen LogP contribution in [-0.4, -0.2) is 14.7 Å². The first kappa shape index (κ1) is 21.2. The lowest BCUT2D eigenvalue weighted by molar-refractivity contribution is 0.475. The van der Waals surface area contributed by atoms with Gasteiger partial charge in [-0.1, -0.05) is 59.6 Å². The minimum Gasteiger partial charge on any atom is -0.508 e. The number of phenols is 1. The van der Waals surface area contributed by atoms with E-state index in [1.807, 2.05) is 43.3 Å². The van der Waals surface area contributed by atoms with E-state index in [2.05, 4.69) is 4.98 Å². The Morgan fingerprint density at radius 1 is 1.00 bits per heavy atom. The Morgan fingerprint density at radius 3 is 2.26 bits per heavy atom. The highest BCUT2D eigenvalue weighted by molar-refractivity contribution is 6.36. The number of aromatic nitrogens is 2. The van der Waals surface area contributed by atoms with Gasteiger partial charge in [0, 0.05) is 23.3 Å². The summed E-state index contributed by atoms with van der Waals surface area (Å²) in [6, 6.07) is 19.6. The topological polar surface area (TPSA) is 38.0 Å². The van der Waals surface area contributed by atoms with Crippen molar-refractivity contribution in [2.45, 2.75) is 13.5 Å². The van der Waals surface area contributed by atoms with Gasteiger partial charge in [-0.2, -0.15) is 0 Å². The van der Waals surface area contributed by atoms with Crippen molar-refractivity contribution in [1.82, 2.24) is 9.55 Å². The van der Waals surface area contributed by atoms with Gasteiger partial charge < -0.3 is 9.67 Å². The molecule has 3 nitrogen and oxygen atoms in total. The lowest BCUT2D eigenvalue weighted by atomic mass is 10.0. The Balaban J connectivity index is 1.63. The summed E-state index contributed by atoms with van der Waals surface area (Å²) in [7, 11) is 0. The molecule has 0 fully saturated rings. The minimum absolute atomic E-state index is 0.219. The van der Waals surface area contributed by atoms with Gasteiger partial charge in [0.1, 0.15) is 5.75 Å². The third-order valence-electron chi connectivity index (χ3n) is 4.94. The van der Waals surface area contributed by atoms with Crippen molar-refractivity contribution < 1.29 is 9.50 Å². The molecule has 0 radical (unpaired) electrons. The first-order valence-corrected chi connectivity index (χ1v) is 10.5. The predicted octanol–water partition coefficient (Wildman–Crippen LogP) is 7.72. The lowest BCUT2D eigenvalue weighted by Crippen LogP contribution is -1.97. The van der Waals surface area contributed by atoms with Crippen LogP contribution in [0.15, 0.2) is 72.9 Å². The smallest absolute Gasteiger partial charge is 0.169 e. The van der Waals surface area contributed by atoms with Crippen molar-refractivity contribution in [3.63, 3.8) is 0 Å². The minimum atomic E-state index is -0.435. The number of imidazole rings is 1. The summed E-state index contributed by atoms with van der Waals surface area (Å²) in [6.07, 6.45) is 3.24. The molecule has 1 aromatic heterocycles. The molecule has 0 aliphatic rings. The van der Waals surface area contributed by atoms with Crippen LogP contribution in [-0.2, 0) is 6.54 Å². The second-order valence-corrected chi connectivity index (χ2v) is 7.86. The monoisotopic (exact) mass is 452 g/mol. The number of rotatable bonds is 5. The van der Waals surface area contributed by atoms with Crippen LogP contribution in [0.2, 0.25) is 10.0 Å². The van der Waals surface area contributed by atoms with Crippen LogP contribution < -0.4 is 0 Å². The van der Waals surface area contributed by atoms with Gasteiger partial charge in [-0.25, -0.2) is 9.37 Å². The van der Waals surface area contributed by atoms with E-state index in [0.29, 0.717) is 27.8 Å². The number of hydrogen-bond acceptors (Lipinski definition) is 2. The molecular formula is C25H19Cl2FN2O. The first-order valence-electron chi connectivity index (χ1n) is 9.74. The number of phenolic OH excluding ortho intramolecular Hbond substituents is 1. The number of halogens is 3. The number of nitrogens with zero attached hydrogens (tertiary/aromatic N) is 2. The fourth-order valence-electron chi connectivity index (χ4n) is 3.31. The Labute approximate surface area is 190 Å². The Bertz CT molecular complexity index is 1250. The van der Waals surface area contributed by atoms with Crippen molar-refractivity contribution in [3.05, 3.63) is 94.4 Å². The van der Waals surface area contributed by atoms with Crippen LogP contribution in [0.1, 0.15) is 18.3 Å². The standard InChI is InChI=1S/C25H19Cl2FN2O/c1-2-30-15-24(21-12-9-19(26)14-22(21)27)29-25(30)23(28)13-16-3-5-17(6-4-16)18-7-10-20(31)11-8-18/h3-15,31H,2H2,1H3. The number of aromatic hydroxyl groups is 1. The summed E-state index contributed by atoms with van der Waals surface area (Å²) in [5.74, 6) is 0.0257. The lowest BCUT2D eigenvalue weighted by Gasteiger charge is -2.04. The SMILES string of the molecule is CCn1cc(-c2ccc(Cl)cc2Cl)nc1C(F)=Cc1ccc(-c2ccc(O)cc2)cc1. The summed E-state index contributed by atoms with van der Waals surface area (Å²) in [5, 5.41) is 10.4. The second-order valence-electron chi connectivity index (χ2n) is 7.02. The molecule has 0 unspecified atom stereocenters. The van der Waals surface area contributed by atoms with Crippen LogP contribution >= 0.6 is 23.2 Å². The van der Waals surface area contributed by atoms with Gasteiger partial charge in [0.05, 0.1) is 10.7 Å². The molecule has 0 aliphatic carbocycles. The summed E-state index contributed by atoms with van der Waals surface area (Å²) in [5.41, 5.74) is 3.96. The zero-order chi connectivity index (χ0) is 22.0. The fraction of sp³-hybridized carbons (Fsp3) is 0.0800. The predicted molar refractivity (Wildman–Crippen MR) is 126 cm³/mol. The molecule has 6 heteroatoms. The molecule has 0 saturated carbocycles. The van der Waals surface area contributed by atoms with Gasteiger partial charge in [-0.15, -0.1) is 0 Å². The molecule has 0 saturated heterocycles. The third-order valence-corrected chi connectivity index (χ3v) is 5.49. The van der Waals surface area contributed by atoms with E-state index in [1.165, 1.54) is 6.08 Å². The van der Waals surface area contributed by atoms with Gasteiger partial charge in [-0.05, 0) is 60.0 Å². The molecule has 1 heterocycles. The summed E-state index contributed by atoms with van der Waals surface area (Å²) < 4.78 is 16.9. The Morgan fingerprint density at radius 2 is 1.65 bits per heavy atom. The van der Waals surface area contributed by atoms with Gasteiger partial charge >= 0.3 is 0 Å². The number of hydrogen-bond donors (Lipinski definition) is 1. The van der Waals surface area contributed by atoms with E-state index in [0.717, 1.165) is 16.7 Å². The quantitative estimate of drug-likeness (QED) is 0.336. The molecule has 0 amide bonds. The first-order chi connectivity index (χ1) is 14.9. The molecule has 31 heavy (non-hydrogen) atoms. The third kappa shape index (κ3) is 4.66. The van der Waals surface area contributed by atoms with E-state index in [1.54, 1.807) is 41.1 Å². The van der Waals surface area contributed by atoms with Crippen molar-refractivity contribution >= 4 is 35.1 Å². The molecule has 4 rings (SSSR count). The van der Waals surface area contributed by atoms with Crippen molar-refractivity contribution in [1.29, 1.82) is 0 Å². The summed E-state index contributed by atoms with van der Waals surface area (Å²) >= 11 is 12.3. The highest BCUT2D eigenvalue weighted by atomic mass is 35.5.